The second-order valence-electron chi connectivity index (χ2n) is 6.12. The number of hydrogen-bond donors (Lipinski definition) is 0. The largest absolute Gasteiger partial charge is 0.447 e. The van der Waals surface area contributed by atoms with Crippen molar-refractivity contribution in [2.45, 2.75) is 6.10 Å². The van der Waals surface area contributed by atoms with Crippen LogP contribution in [0.3, 0.4) is 0 Å². The van der Waals surface area contributed by atoms with Gasteiger partial charge < -0.3 is 4.74 Å². The normalized spacial score (nSPS) is 11.9. The Hall–Kier alpha value is -2.98. The second kappa shape index (κ2) is 7.72. The first kappa shape index (κ1) is 17.4. The number of nitrogens with zero attached hydrogens (tertiary/aromatic N) is 1. The highest BCUT2D eigenvalue weighted by atomic mass is 79.9. The summed E-state index contributed by atoms with van der Waals surface area (Å²) in [7, 11) is 0. The SMILES string of the molecule is O=C(OC(c1ccc(Br)cc1)c1nccc2ccccc12)c1ccccc1. The van der Waals surface area contributed by atoms with Gasteiger partial charge in [-0.2, -0.15) is 0 Å². The predicted molar refractivity (Wildman–Crippen MR) is 110 cm³/mol. The molecule has 0 N–H and O–H groups in total. The molecule has 0 aliphatic carbocycles. The van der Waals surface area contributed by atoms with Crippen molar-refractivity contribution < 1.29 is 9.53 Å². The van der Waals surface area contributed by atoms with Gasteiger partial charge in [0, 0.05) is 16.1 Å². The minimum absolute atomic E-state index is 0.377. The van der Waals surface area contributed by atoms with Crippen molar-refractivity contribution in [3.8, 4) is 0 Å². The van der Waals surface area contributed by atoms with E-state index < -0.39 is 6.10 Å². The van der Waals surface area contributed by atoms with Gasteiger partial charge in [-0.1, -0.05) is 70.5 Å². The van der Waals surface area contributed by atoms with Gasteiger partial charge >= 0.3 is 5.97 Å². The molecule has 3 aromatic carbocycles. The molecule has 132 valence electrons. The Bertz CT molecular complexity index is 1070. The van der Waals surface area contributed by atoms with Crippen molar-refractivity contribution in [3.63, 3.8) is 0 Å². The number of rotatable bonds is 4. The molecule has 0 amide bonds. The Morgan fingerprint density at radius 3 is 2.33 bits per heavy atom. The lowest BCUT2D eigenvalue weighted by atomic mass is 10.0. The zero-order valence-electron chi connectivity index (χ0n) is 14.4. The first-order valence-electron chi connectivity index (χ1n) is 8.57. The van der Waals surface area contributed by atoms with Gasteiger partial charge in [-0.05, 0) is 41.3 Å². The van der Waals surface area contributed by atoms with Crippen LogP contribution in [0.5, 0.6) is 0 Å². The molecule has 3 nitrogen and oxygen atoms in total. The number of esters is 1. The molecule has 1 aromatic heterocycles. The summed E-state index contributed by atoms with van der Waals surface area (Å²) in [4.78, 5) is 17.3. The van der Waals surface area contributed by atoms with Crippen LogP contribution in [0.4, 0.5) is 0 Å². The third kappa shape index (κ3) is 3.76. The van der Waals surface area contributed by atoms with Crippen LogP contribution in [0.1, 0.15) is 27.7 Å². The molecule has 0 bridgehead atoms. The first-order chi connectivity index (χ1) is 13.2. The number of halogens is 1. The van der Waals surface area contributed by atoms with E-state index in [-0.39, 0.29) is 5.97 Å². The molecule has 0 fully saturated rings. The molecule has 0 saturated carbocycles. The lowest BCUT2D eigenvalue weighted by molar-refractivity contribution is 0.0373. The summed E-state index contributed by atoms with van der Waals surface area (Å²) in [6.07, 6.45) is 1.15. The fourth-order valence-electron chi connectivity index (χ4n) is 3.02. The molecule has 4 aromatic rings. The zero-order chi connectivity index (χ0) is 18.6. The molecule has 4 heteroatoms. The Labute approximate surface area is 165 Å². The third-order valence-electron chi connectivity index (χ3n) is 4.36. The van der Waals surface area contributed by atoms with E-state index in [1.165, 1.54) is 0 Å². The molecule has 0 radical (unpaired) electrons. The smallest absolute Gasteiger partial charge is 0.339 e. The lowest BCUT2D eigenvalue weighted by Crippen LogP contribution is -2.14. The van der Waals surface area contributed by atoms with Gasteiger partial charge in [0.25, 0.3) is 0 Å². The van der Waals surface area contributed by atoms with E-state index >= 15 is 0 Å². The minimum Gasteiger partial charge on any atom is -0.447 e. The van der Waals surface area contributed by atoms with E-state index in [1.54, 1.807) is 18.3 Å². The second-order valence-corrected chi connectivity index (χ2v) is 7.04. The summed E-state index contributed by atoms with van der Waals surface area (Å²) in [5.74, 6) is -0.377. The molecule has 4 rings (SSSR count). The lowest BCUT2D eigenvalue weighted by Gasteiger charge is -2.20. The van der Waals surface area contributed by atoms with Crippen molar-refractivity contribution >= 4 is 32.7 Å². The van der Waals surface area contributed by atoms with Crippen molar-refractivity contribution in [3.05, 3.63) is 112 Å². The summed E-state index contributed by atoms with van der Waals surface area (Å²) in [6, 6.07) is 26.7. The van der Waals surface area contributed by atoms with Gasteiger partial charge in [-0.15, -0.1) is 0 Å². The quantitative estimate of drug-likeness (QED) is 0.385. The minimum atomic E-state index is -0.600. The van der Waals surface area contributed by atoms with Gasteiger partial charge in [-0.3, -0.25) is 4.98 Å². The number of aromatic nitrogens is 1. The highest BCUT2D eigenvalue weighted by Crippen LogP contribution is 2.31. The Kier molecular flexibility index (Phi) is 4.99. The Balaban J connectivity index is 1.80. The molecule has 27 heavy (non-hydrogen) atoms. The molecule has 1 heterocycles. The average Bonchev–Trinajstić information content (AvgIpc) is 2.73. The van der Waals surface area contributed by atoms with E-state index in [0.717, 1.165) is 26.5 Å². The summed E-state index contributed by atoms with van der Waals surface area (Å²) in [5.41, 5.74) is 2.10. The van der Waals surface area contributed by atoms with E-state index in [2.05, 4.69) is 20.9 Å². The molecule has 0 aliphatic rings. The van der Waals surface area contributed by atoms with E-state index in [4.69, 9.17) is 4.74 Å². The summed E-state index contributed by atoms with van der Waals surface area (Å²) < 4.78 is 6.90. The Morgan fingerprint density at radius 1 is 0.852 bits per heavy atom. The third-order valence-corrected chi connectivity index (χ3v) is 4.89. The fraction of sp³-hybridized carbons (Fsp3) is 0.0435. The molecule has 0 saturated heterocycles. The summed E-state index contributed by atoms with van der Waals surface area (Å²) >= 11 is 3.45. The van der Waals surface area contributed by atoms with Crippen molar-refractivity contribution in [1.82, 2.24) is 4.98 Å². The number of carbonyl (C=O) groups is 1. The van der Waals surface area contributed by atoms with Crippen LogP contribution in [-0.4, -0.2) is 11.0 Å². The van der Waals surface area contributed by atoms with Crippen LogP contribution < -0.4 is 0 Å². The van der Waals surface area contributed by atoms with Crippen LogP contribution >= 0.6 is 15.9 Å². The molecular formula is C23H16BrNO2. The topological polar surface area (TPSA) is 39.2 Å². The average molecular weight is 418 g/mol. The highest BCUT2D eigenvalue weighted by molar-refractivity contribution is 9.10. The number of ether oxygens (including phenoxy) is 1. The molecule has 1 atom stereocenters. The van der Waals surface area contributed by atoms with E-state index in [9.17, 15) is 4.79 Å². The fourth-order valence-corrected chi connectivity index (χ4v) is 3.28. The monoisotopic (exact) mass is 417 g/mol. The number of fused-ring (bicyclic) bond motifs is 1. The Morgan fingerprint density at radius 2 is 1.56 bits per heavy atom. The van der Waals surface area contributed by atoms with Crippen molar-refractivity contribution in [2.24, 2.45) is 0 Å². The van der Waals surface area contributed by atoms with Gasteiger partial charge in [-0.25, -0.2) is 4.79 Å². The van der Waals surface area contributed by atoms with Gasteiger partial charge in [0.1, 0.15) is 0 Å². The van der Waals surface area contributed by atoms with Crippen molar-refractivity contribution in [2.75, 3.05) is 0 Å². The van der Waals surface area contributed by atoms with Crippen LogP contribution in [-0.2, 0) is 4.74 Å². The maximum Gasteiger partial charge on any atom is 0.339 e. The molecule has 0 spiro atoms. The summed E-state index contributed by atoms with van der Waals surface area (Å²) in [5, 5.41) is 2.02. The zero-order valence-corrected chi connectivity index (χ0v) is 16.0. The van der Waals surface area contributed by atoms with Crippen LogP contribution in [0, 0.1) is 0 Å². The highest BCUT2D eigenvalue weighted by Gasteiger charge is 2.23. The molecular weight excluding hydrogens is 402 g/mol. The molecule has 0 aliphatic heterocycles. The number of hydrogen-bond acceptors (Lipinski definition) is 3. The number of carbonyl (C=O) groups excluding carboxylic acids is 1. The maximum absolute atomic E-state index is 12.7. The number of pyridine rings is 1. The van der Waals surface area contributed by atoms with Gasteiger partial charge in [0.2, 0.25) is 0 Å². The van der Waals surface area contributed by atoms with Crippen LogP contribution in [0.2, 0.25) is 0 Å². The van der Waals surface area contributed by atoms with E-state index in [1.807, 2.05) is 72.8 Å². The van der Waals surface area contributed by atoms with Crippen molar-refractivity contribution in [1.29, 1.82) is 0 Å². The molecule has 1 unspecified atom stereocenters. The summed E-state index contributed by atoms with van der Waals surface area (Å²) in [6.45, 7) is 0. The van der Waals surface area contributed by atoms with Gasteiger partial charge in [0.15, 0.2) is 6.10 Å². The standard InChI is InChI=1S/C23H16BrNO2/c24-19-12-10-17(11-13-19)22(27-23(26)18-7-2-1-3-8-18)21-20-9-5-4-6-16(20)14-15-25-21/h1-15,22H. The number of benzene rings is 3. The van der Waals surface area contributed by atoms with E-state index in [0.29, 0.717) is 5.56 Å². The van der Waals surface area contributed by atoms with Crippen LogP contribution in [0.25, 0.3) is 10.8 Å². The van der Waals surface area contributed by atoms with Gasteiger partial charge in [0.05, 0.1) is 11.3 Å². The predicted octanol–water partition coefficient (Wildman–Crippen LogP) is 5.94. The van der Waals surface area contributed by atoms with Crippen LogP contribution in [0.15, 0.2) is 95.6 Å². The first-order valence-corrected chi connectivity index (χ1v) is 9.37. The maximum atomic E-state index is 12.7.